The molecule has 3 nitrogen and oxygen atoms in total. The minimum atomic E-state index is 0.880. The average molecular weight is 576 g/mol. The molecule has 5 aromatic carbocycles. The monoisotopic (exact) mass is 575 g/mol. The molecule has 0 aliphatic heterocycles. The van der Waals surface area contributed by atoms with Crippen LogP contribution >= 0.6 is 0 Å². The van der Waals surface area contributed by atoms with Crippen LogP contribution in [0.4, 0.5) is 0 Å². The summed E-state index contributed by atoms with van der Waals surface area (Å²) >= 11 is 0. The molecule has 3 aromatic heterocycles. The molecule has 1 aliphatic rings. The molecule has 212 valence electrons. The number of aromatic amines is 1. The van der Waals surface area contributed by atoms with Crippen molar-refractivity contribution in [3.63, 3.8) is 0 Å². The number of para-hydroxylation sites is 2. The lowest BCUT2D eigenvalue weighted by atomic mass is 9.99. The van der Waals surface area contributed by atoms with Gasteiger partial charge in [-0.05, 0) is 59.5 Å². The van der Waals surface area contributed by atoms with Gasteiger partial charge in [-0.1, -0.05) is 121 Å². The van der Waals surface area contributed by atoms with Crippen LogP contribution in [-0.2, 0) is 6.42 Å². The Kier molecular flexibility index (Phi) is 5.88. The molecular weight excluding hydrogens is 546 g/mol. The molecule has 0 atom stereocenters. The molecular formula is C42H29N3. The molecule has 0 amide bonds. The van der Waals surface area contributed by atoms with Crippen LogP contribution in [0.3, 0.4) is 0 Å². The molecule has 0 saturated heterocycles. The summed E-state index contributed by atoms with van der Waals surface area (Å²) in [6, 6.07) is 51.7. The Labute approximate surface area is 261 Å². The Morgan fingerprint density at radius 3 is 1.96 bits per heavy atom. The quantitative estimate of drug-likeness (QED) is 0.222. The highest BCUT2D eigenvalue weighted by Crippen LogP contribution is 2.43. The second-order valence-corrected chi connectivity index (χ2v) is 11.7. The van der Waals surface area contributed by atoms with Crippen LogP contribution in [0.15, 0.2) is 152 Å². The summed E-state index contributed by atoms with van der Waals surface area (Å²) < 4.78 is 2.45. The van der Waals surface area contributed by atoms with Crippen LogP contribution < -0.4 is 0 Å². The molecule has 0 fully saturated rings. The van der Waals surface area contributed by atoms with E-state index in [4.69, 9.17) is 4.98 Å². The van der Waals surface area contributed by atoms with E-state index >= 15 is 0 Å². The molecule has 0 bridgehead atoms. The van der Waals surface area contributed by atoms with Gasteiger partial charge in [-0.25, -0.2) is 4.98 Å². The van der Waals surface area contributed by atoms with E-state index in [0.29, 0.717) is 0 Å². The van der Waals surface area contributed by atoms with Crippen molar-refractivity contribution in [2.24, 2.45) is 0 Å². The van der Waals surface area contributed by atoms with Crippen LogP contribution in [0.5, 0.6) is 0 Å². The van der Waals surface area contributed by atoms with Crippen LogP contribution in [0, 0.1) is 0 Å². The maximum Gasteiger partial charge on any atom is 0.0745 e. The molecule has 0 spiro atoms. The highest BCUT2D eigenvalue weighted by Gasteiger charge is 2.25. The minimum Gasteiger partial charge on any atom is -0.353 e. The van der Waals surface area contributed by atoms with Gasteiger partial charge in [0.2, 0.25) is 0 Å². The van der Waals surface area contributed by atoms with Crippen molar-refractivity contribution in [3.8, 4) is 50.7 Å². The first-order chi connectivity index (χ1) is 22.3. The van der Waals surface area contributed by atoms with Gasteiger partial charge < -0.3 is 9.55 Å². The zero-order valence-corrected chi connectivity index (χ0v) is 24.6. The van der Waals surface area contributed by atoms with Gasteiger partial charge in [0.15, 0.2) is 0 Å². The van der Waals surface area contributed by atoms with E-state index in [0.717, 1.165) is 51.3 Å². The SMILES string of the molecule is C1=Cc2c([nH]c3ccccc23)-c2c(c3ccccc3n2-c2cccc(-c3cc(-c4ccccc4)nc(-c4ccccc4)c3)c2)C1. The second kappa shape index (κ2) is 10.4. The highest BCUT2D eigenvalue weighted by molar-refractivity contribution is 6.02. The summed E-state index contributed by atoms with van der Waals surface area (Å²) in [5.74, 6) is 0. The molecule has 0 saturated carbocycles. The fourth-order valence-electron chi connectivity index (χ4n) is 6.90. The van der Waals surface area contributed by atoms with Gasteiger partial charge in [-0.3, -0.25) is 0 Å². The average Bonchev–Trinajstić information content (AvgIpc) is 3.58. The van der Waals surface area contributed by atoms with Gasteiger partial charge >= 0.3 is 0 Å². The smallest absolute Gasteiger partial charge is 0.0745 e. The lowest BCUT2D eigenvalue weighted by Crippen LogP contribution is -1.99. The first-order valence-electron chi connectivity index (χ1n) is 15.5. The molecule has 1 aliphatic carbocycles. The number of hydrogen-bond donors (Lipinski definition) is 1. The topological polar surface area (TPSA) is 33.6 Å². The second-order valence-electron chi connectivity index (χ2n) is 11.7. The Bertz CT molecular complexity index is 2330. The normalized spacial score (nSPS) is 12.3. The molecule has 0 unspecified atom stereocenters. The Balaban J connectivity index is 1.27. The summed E-state index contributed by atoms with van der Waals surface area (Å²) in [5, 5.41) is 2.54. The third-order valence-electron chi connectivity index (χ3n) is 8.97. The molecule has 8 aromatic rings. The molecule has 0 radical (unpaired) electrons. The minimum absolute atomic E-state index is 0.880. The third kappa shape index (κ3) is 4.24. The van der Waals surface area contributed by atoms with E-state index in [1.165, 1.54) is 38.8 Å². The number of fused-ring (bicyclic) bond motifs is 7. The van der Waals surface area contributed by atoms with Crippen molar-refractivity contribution in [1.29, 1.82) is 0 Å². The summed E-state index contributed by atoms with van der Waals surface area (Å²) in [6.07, 6.45) is 5.48. The van der Waals surface area contributed by atoms with E-state index in [1.54, 1.807) is 0 Å². The van der Waals surface area contributed by atoms with Crippen molar-refractivity contribution in [1.82, 2.24) is 14.5 Å². The first-order valence-corrected chi connectivity index (χ1v) is 15.5. The van der Waals surface area contributed by atoms with E-state index in [2.05, 4.69) is 155 Å². The van der Waals surface area contributed by atoms with Crippen LogP contribution in [0.25, 0.3) is 78.6 Å². The number of nitrogens with one attached hydrogen (secondary N) is 1. The van der Waals surface area contributed by atoms with Crippen molar-refractivity contribution in [2.45, 2.75) is 6.42 Å². The Morgan fingerprint density at radius 1 is 0.556 bits per heavy atom. The number of allylic oxidation sites excluding steroid dienone is 1. The number of H-pyrrole nitrogens is 1. The Morgan fingerprint density at radius 2 is 1.20 bits per heavy atom. The zero-order valence-electron chi connectivity index (χ0n) is 24.6. The standard InChI is InChI=1S/C42H29N3/c1-3-13-28(14-4-1)38-26-31(27-39(43-38)29-15-5-2-6-16-29)30-17-11-18-32(25-30)45-40-24-10-8-20-34(40)36-22-12-21-35-33-19-7-9-23-37(33)44-41(35)42(36)45/h1-21,23-27,44H,22H2. The summed E-state index contributed by atoms with van der Waals surface area (Å²) in [7, 11) is 0. The maximum absolute atomic E-state index is 5.11. The molecule has 9 rings (SSSR count). The maximum atomic E-state index is 5.11. The van der Waals surface area contributed by atoms with Crippen LogP contribution in [0.1, 0.15) is 11.1 Å². The number of aromatic nitrogens is 3. The predicted octanol–water partition coefficient (Wildman–Crippen LogP) is 10.7. The van der Waals surface area contributed by atoms with E-state index < -0.39 is 0 Å². The number of pyridine rings is 1. The van der Waals surface area contributed by atoms with Gasteiger partial charge in [0.1, 0.15) is 0 Å². The van der Waals surface area contributed by atoms with Crippen molar-refractivity contribution in [2.75, 3.05) is 0 Å². The van der Waals surface area contributed by atoms with Gasteiger partial charge in [0, 0.05) is 38.7 Å². The predicted molar refractivity (Wildman–Crippen MR) is 187 cm³/mol. The van der Waals surface area contributed by atoms with Crippen molar-refractivity contribution in [3.05, 3.63) is 163 Å². The van der Waals surface area contributed by atoms with Gasteiger partial charge in [-0.2, -0.15) is 0 Å². The van der Waals surface area contributed by atoms with E-state index in [9.17, 15) is 0 Å². The van der Waals surface area contributed by atoms with E-state index in [1.807, 2.05) is 12.1 Å². The van der Waals surface area contributed by atoms with Gasteiger partial charge in [0.05, 0.1) is 28.3 Å². The lowest BCUT2D eigenvalue weighted by Gasteiger charge is -2.15. The fourth-order valence-corrected chi connectivity index (χ4v) is 6.90. The third-order valence-corrected chi connectivity index (χ3v) is 8.97. The van der Waals surface area contributed by atoms with Gasteiger partial charge in [-0.15, -0.1) is 0 Å². The summed E-state index contributed by atoms with van der Waals surface area (Å²) in [4.78, 5) is 8.91. The number of rotatable bonds is 4. The molecule has 1 N–H and O–H groups in total. The number of benzene rings is 5. The number of nitrogens with zero attached hydrogens (tertiary/aromatic N) is 2. The van der Waals surface area contributed by atoms with Crippen molar-refractivity contribution < 1.29 is 0 Å². The molecule has 45 heavy (non-hydrogen) atoms. The highest BCUT2D eigenvalue weighted by atomic mass is 15.0. The van der Waals surface area contributed by atoms with Crippen LogP contribution in [0.2, 0.25) is 0 Å². The van der Waals surface area contributed by atoms with E-state index in [-0.39, 0.29) is 0 Å². The van der Waals surface area contributed by atoms with Gasteiger partial charge in [0.25, 0.3) is 0 Å². The van der Waals surface area contributed by atoms with Crippen molar-refractivity contribution >= 4 is 27.9 Å². The molecule has 3 heteroatoms. The molecule has 3 heterocycles. The Hall–Kier alpha value is -5.93. The largest absolute Gasteiger partial charge is 0.353 e. The van der Waals surface area contributed by atoms with Crippen LogP contribution in [-0.4, -0.2) is 14.5 Å². The summed E-state index contributed by atoms with van der Waals surface area (Å²) in [6.45, 7) is 0. The zero-order chi connectivity index (χ0) is 29.7. The fraction of sp³-hybridized carbons (Fsp3) is 0.0238. The first kappa shape index (κ1) is 25.6. The summed E-state index contributed by atoms with van der Waals surface area (Å²) in [5.41, 5.74) is 14.9. The lowest BCUT2D eigenvalue weighted by molar-refractivity contribution is 1.11. The number of hydrogen-bond acceptors (Lipinski definition) is 1.